The van der Waals surface area contributed by atoms with Gasteiger partial charge in [-0.15, -0.1) is 0 Å². The Morgan fingerprint density at radius 2 is 1.64 bits per heavy atom. The number of hydrogen-bond acceptors (Lipinski definition) is 2. The van der Waals surface area contributed by atoms with E-state index < -0.39 is 0 Å². The van der Waals surface area contributed by atoms with Crippen LogP contribution in [0.25, 0.3) is 0 Å². The molecule has 5 heteroatoms. The highest BCUT2D eigenvalue weighted by Crippen LogP contribution is 2.19. The minimum Gasteiger partial charge on any atom is -0.372 e. The molecule has 0 aliphatic rings. The molecule has 0 aliphatic heterocycles. The fraction of sp³-hybridized carbons (Fsp3) is 0.235. The van der Waals surface area contributed by atoms with Crippen LogP contribution in [-0.4, -0.2) is 18.2 Å². The first kappa shape index (κ1) is 16.6. The topological polar surface area (TPSA) is 27.3 Å². The number of nitrogens with one attached hydrogen (secondary N) is 2. The van der Waals surface area contributed by atoms with Gasteiger partial charge in [-0.25, -0.2) is 0 Å². The molecular formula is C17H20ClN3S. The summed E-state index contributed by atoms with van der Waals surface area (Å²) in [6.07, 6.45) is 0. The molecule has 0 aromatic heterocycles. The van der Waals surface area contributed by atoms with E-state index in [1.807, 2.05) is 36.4 Å². The van der Waals surface area contributed by atoms with Crippen molar-refractivity contribution in [3.05, 3.63) is 53.6 Å². The summed E-state index contributed by atoms with van der Waals surface area (Å²) in [5.41, 5.74) is 3.03. The van der Waals surface area contributed by atoms with E-state index in [-0.39, 0.29) is 0 Å². The first-order valence-electron chi connectivity index (χ1n) is 7.31. The summed E-state index contributed by atoms with van der Waals surface area (Å²) in [4.78, 5) is 2.30. The van der Waals surface area contributed by atoms with Gasteiger partial charge in [0.2, 0.25) is 0 Å². The van der Waals surface area contributed by atoms with Gasteiger partial charge in [0, 0.05) is 35.2 Å². The normalized spacial score (nSPS) is 10.1. The molecule has 0 amide bonds. The third-order valence-electron chi connectivity index (χ3n) is 3.34. The SMILES string of the molecule is CCN(CC)c1ccc(NC(=S)Nc2cccc(Cl)c2)cc1. The van der Waals surface area contributed by atoms with Crippen LogP contribution >= 0.6 is 23.8 Å². The second-order valence-corrected chi connectivity index (χ2v) is 5.65. The van der Waals surface area contributed by atoms with Crippen molar-refractivity contribution >= 4 is 46.0 Å². The highest BCUT2D eigenvalue weighted by molar-refractivity contribution is 7.80. The summed E-state index contributed by atoms with van der Waals surface area (Å²) in [6.45, 7) is 6.30. The number of thiocarbonyl (C=S) groups is 1. The third kappa shape index (κ3) is 4.61. The van der Waals surface area contributed by atoms with Crippen molar-refractivity contribution in [2.24, 2.45) is 0 Å². The van der Waals surface area contributed by atoms with E-state index in [1.165, 1.54) is 5.69 Å². The Labute approximate surface area is 142 Å². The Kier molecular flexibility index (Phi) is 6.04. The molecular weight excluding hydrogens is 314 g/mol. The lowest BCUT2D eigenvalue weighted by Crippen LogP contribution is -2.22. The van der Waals surface area contributed by atoms with Gasteiger partial charge in [0.05, 0.1) is 0 Å². The number of anilines is 3. The Morgan fingerprint density at radius 3 is 2.23 bits per heavy atom. The van der Waals surface area contributed by atoms with Crippen molar-refractivity contribution in [3.8, 4) is 0 Å². The van der Waals surface area contributed by atoms with Gasteiger partial charge < -0.3 is 15.5 Å². The molecule has 3 nitrogen and oxygen atoms in total. The fourth-order valence-corrected chi connectivity index (χ4v) is 2.63. The van der Waals surface area contributed by atoms with Crippen LogP contribution in [0.5, 0.6) is 0 Å². The van der Waals surface area contributed by atoms with Crippen LogP contribution in [0.15, 0.2) is 48.5 Å². The Balaban J connectivity index is 1.97. The molecule has 116 valence electrons. The van der Waals surface area contributed by atoms with Gasteiger partial charge in [0.25, 0.3) is 0 Å². The lowest BCUT2D eigenvalue weighted by Gasteiger charge is -2.21. The number of halogens is 1. The first-order chi connectivity index (χ1) is 10.6. The molecule has 0 unspecified atom stereocenters. The lowest BCUT2D eigenvalue weighted by atomic mass is 10.2. The standard InChI is InChI=1S/C17H20ClN3S/c1-3-21(4-2)16-10-8-14(9-11-16)19-17(22)20-15-7-5-6-13(18)12-15/h5-12H,3-4H2,1-2H3,(H2,19,20,22). The molecule has 22 heavy (non-hydrogen) atoms. The van der Waals surface area contributed by atoms with Crippen LogP contribution in [0.2, 0.25) is 5.02 Å². The number of nitrogens with zero attached hydrogens (tertiary/aromatic N) is 1. The fourth-order valence-electron chi connectivity index (χ4n) is 2.20. The smallest absolute Gasteiger partial charge is 0.175 e. The molecule has 0 heterocycles. The molecule has 2 aromatic rings. The van der Waals surface area contributed by atoms with E-state index in [2.05, 4.69) is 41.5 Å². The summed E-state index contributed by atoms with van der Waals surface area (Å²) < 4.78 is 0. The number of benzene rings is 2. The summed E-state index contributed by atoms with van der Waals surface area (Å²) in [5.74, 6) is 0. The summed E-state index contributed by atoms with van der Waals surface area (Å²) in [5, 5.41) is 7.50. The molecule has 2 rings (SSSR count). The van der Waals surface area contributed by atoms with Crippen molar-refractivity contribution in [2.75, 3.05) is 28.6 Å². The lowest BCUT2D eigenvalue weighted by molar-refractivity contribution is 0.866. The number of hydrogen-bond donors (Lipinski definition) is 2. The van der Waals surface area contributed by atoms with Crippen molar-refractivity contribution in [2.45, 2.75) is 13.8 Å². The minimum atomic E-state index is 0.540. The molecule has 0 radical (unpaired) electrons. The second-order valence-electron chi connectivity index (χ2n) is 4.81. The minimum absolute atomic E-state index is 0.540. The molecule has 0 atom stereocenters. The zero-order chi connectivity index (χ0) is 15.9. The van der Waals surface area contributed by atoms with E-state index in [9.17, 15) is 0 Å². The molecule has 0 saturated heterocycles. The molecule has 0 spiro atoms. The molecule has 0 fully saturated rings. The zero-order valence-corrected chi connectivity index (χ0v) is 14.3. The van der Waals surface area contributed by atoms with Gasteiger partial charge in [-0.05, 0) is 68.5 Å². The van der Waals surface area contributed by atoms with E-state index in [1.54, 1.807) is 0 Å². The monoisotopic (exact) mass is 333 g/mol. The number of rotatable bonds is 5. The molecule has 0 saturated carbocycles. The maximum Gasteiger partial charge on any atom is 0.175 e. The van der Waals surface area contributed by atoms with Crippen LogP contribution in [0.3, 0.4) is 0 Å². The predicted octanol–water partition coefficient (Wildman–Crippen LogP) is 5.00. The summed E-state index contributed by atoms with van der Waals surface area (Å²) in [7, 11) is 0. The second kappa shape index (κ2) is 8.01. The Bertz CT molecular complexity index is 624. The quantitative estimate of drug-likeness (QED) is 0.753. The molecule has 0 bridgehead atoms. The van der Waals surface area contributed by atoms with E-state index in [0.717, 1.165) is 24.5 Å². The average molecular weight is 334 g/mol. The predicted molar refractivity (Wildman–Crippen MR) is 101 cm³/mol. The van der Waals surface area contributed by atoms with Crippen molar-refractivity contribution in [3.63, 3.8) is 0 Å². The van der Waals surface area contributed by atoms with Crippen molar-refractivity contribution < 1.29 is 0 Å². The third-order valence-corrected chi connectivity index (χ3v) is 3.78. The van der Waals surface area contributed by atoms with Gasteiger partial charge in [0.15, 0.2) is 5.11 Å². The van der Waals surface area contributed by atoms with Crippen LogP contribution in [0.1, 0.15) is 13.8 Å². The maximum atomic E-state index is 5.95. The average Bonchev–Trinajstić information content (AvgIpc) is 2.50. The van der Waals surface area contributed by atoms with Crippen molar-refractivity contribution in [1.82, 2.24) is 0 Å². The van der Waals surface area contributed by atoms with Gasteiger partial charge in [0.1, 0.15) is 0 Å². The van der Waals surface area contributed by atoms with Gasteiger partial charge in [-0.3, -0.25) is 0 Å². The molecule has 2 aromatic carbocycles. The van der Waals surface area contributed by atoms with E-state index in [4.69, 9.17) is 23.8 Å². The molecule has 2 N–H and O–H groups in total. The molecule has 0 aliphatic carbocycles. The first-order valence-corrected chi connectivity index (χ1v) is 8.09. The highest BCUT2D eigenvalue weighted by atomic mass is 35.5. The van der Waals surface area contributed by atoms with E-state index >= 15 is 0 Å². The van der Waals surface area contributed by atoms with Crippen LogP contribution < -0.4 is 15.5 Å². The van der Waals surface area contributed by atoms with Crippen molar-refractivity contribution in [1.29, 1.82) is 0 Å². The Morgan fingerprint density at radius 1 is 1.00 bits per heavy atom. The summed E-state index contributed by atoms with van der Waals surface area (Å²) in [6, 6.07) is 15.7. The van der Waals surface area contributed by atoms with Crippen LogP contribution in [0, 0.1) is 0 Å². The van der Waals surface area contributed by atoms with Crippen LogP contribution in [-0.2, 0) is 0 Å². The highest BCUT2D eigenvalue weighted by Gasteiger charge is 2.03. The van der Waals surface area contributed by atoms with E-state index in [0.29, 0.717) is 10.1 Å². The maximum absolute atomic E-state index is 5.95. The zero-order valence-electron chi connectivity index (χ0n) is 12.8. The largest absolute Gasteiger partial charge is 0.372 e. The van der Waals surface area contributed by atoms with Crippen LogP contribution in [0.4, 0.5) is 17.1 Å². The van der Waals surface area contributed by atoms with Gasteiger partial charge in [-0.1, -0.05) is 17.7 Å². The van der Waals surface area contributed by atoms with Gasteiger partial charge >= 0.3 is 0 Å². The summed E-state index contributed by atoms with van der Waals surface area (Å²) >= 11 is 11.3. The van der Waals surface area contributed by atoms with Gasteiger partial charge in [-0.2, -0.15) is 0 Å². The Hall–Kier alpha value is -1.78.